The molecule has 0 N–H and O–H groups in total. The number of nitriles is 1. The Morgan fingerprint density at radius 2 is 0.442 bits per heavy atom. The van der Waals surface area contributed by atoms with Gasteiger partial charge < -0.3 is 9.13 Å². The molecule has 570 valence electrons. The largest absolute Gasteiger partial charge is 0.417 e. The zero-order chi connectivity index (χ0) is 81.2. The van der Waals surface area contributed by atoms with Gasteiger partial charge in [-0.1, -0.05) is 255 Å². The molecular formula is C99H57F6N15. The van der Waals surface area contributed by atoms with Gasteiger partial charge in [0.2, 0.25) is 0 Å². The quantitative estimate of drug-likeness (QED) is 0.0883. The predicted octanol–water partition coefficient (Wildman–Crippen LogP) is 24.2. The second-order valence-electron chi connectivity index (χ2n) is 28.4. The summed E-state index contributed by atoms with van der Waals surface area (Å²) in [4.78, 5) is 60.8. The highest BCUT2D eigenvalue weighted by Gasteiger charge is 2.43. The maximum atomic E-state index is 16.3. The first-order valence-corrected chi connectivity index (χ1v) is 38.2. The van der Waals surface area contributed by atoms with Gasteiger partial charge in [0.05, 0.1) is 44.6 Å². The molecule has 0 amide bonds. The van der Waals surface area contributed by atoms with Crippen LogP contribution in [0.4, 0.5) is 26.3 Å². The van der Waals surface area contributed by atoms with Crippen molar-refractivity contribution in [2.45, 2.75) is 12.4 Å². The summed E-state index contributed by atoms with van der Waals surface area (Å²) in [6.45, 7) is 0. The lowest BCUT2D eigenvalue weighted by Crippen LogP contribution is -2.16. The van der Waals surface area contributed by atoms with Crippen LogP contribution in [0.5, 0.6) is 0 Å². The standard InChI is InChI=1S/C99H57F6N15/c100-98(101,102)77-42-25-43-78(99(103,104)105)84(77)71-48-53-83(119-79-49-44-67(94-111-86(59-26-9-1-10-27-59)107-87(112-94)60-28-11-2-12-29-60)54-72(79)73-55-68(45-50-80(73)119)95-113-88(61-30-13-3-14-31-61)108-89(114-95)62-32-15-4-16-33-62)76(58-106)85(71)120-81-51-46-69(96-115-90(63-34-17-5-18-35-63)109-91(116-96)64-36-19-6-20-37-64)56-74(81)75-57-70(47-52-82(75)120)97-117-92(65-38-21-7-22-39-65)110-93(118-97)66-40-23-8-24-41-66/h1-57H. The van der Waals surface area contributed by atoms with Crippen LogP contribution in [-0.4, -0.2) is 68.9 Å². The van der Waals surface area contributed by atoms with Crippen LogP contribution in [0.15, 0.2) is 346 Å². The Morgan fingerprint density at radius 3 is 0.658 bits per heavy atom. The molecule has 0 aliphatic carbocycles. The van der Waals surface area contributed by atoms with Gasteiger partial charge in [-0.25, -0.2) is 59.8 Å². The van der Waals surface area contributed by atoms with Crippen molar-refractivity contribution in [3.63, 3.8) is 0 Å². The average Bonchev–Trinajstić information content (AvgIpc) is 1.49. The molecule has 6 aromatic heterocycles. The van der Waals surface area contributed by atoms with Crippen LogP contribution in [0.3, 0.4) is 0 Å². The topological polar surface area (TPSA) is 188 Å². The van der Waals surface area contributed by atoms with E-state index in [1.54, 1.807) is 33.4 Å². The fourth-order valence-electron chi connectivity index (χ4n) is 15.5. The molecule has 0 spiro atoms. The molecule has 0 aliphatic rings. The molecule has 20 aromatic rings. The third kappa shape index (κ3) is 13.5. The zero-order valence-electron chi connectivity index (χ0n) is 62.9. The Bertz CT molecular complexity index is 6790. The number of hydrogen-bond donors (Lipinski definition) is 0. The van der Waals surface area contributed by atoms with Gasteiger partial charge in [-0.3, -0.25) is 0 Å². The minimum absolute atomic E-state index is 0.0768. The first-order chi connectivity index (χ1) is 58.7. The Labute approximate surface area is 680 Å². The van der Waals surface area contributed by atoms with Gasteiger partial charge in [-0.15, -0.1) is 0 Å². The molecule has 0 saturated heterocycles. The number of fused-ring (bicyclic) bond motifs is 6. The molecule has 120 heavy (non-hydrogen) atoms. The summed E-state index contributed by atoms with van der Waals surface area (Å²) in [5, 5.41) is 14.6. The fraction of sp³-hybridized carbons (Fsp3) is 0.0202. The van der Waals surface area contributed by atoms with Crippen LogP contribution in [-0.2, 0) is 12.4 Å². The van der Waals surface area contributed by atoms with E-state index in [4.69, 9.17) is 59.8 Å². The van der Waals surface area contributed by atoms with E-state index in [2.05, 4.69) is 6.07 Å². The minimum Gasteiger partial charge on any atom is -0.308 e. The van der Waals surface area contributed by atoms with Gasteiger partial charge >= 0.3 is 12.4 Å². The monoisotopic (exact) mass is 1570 g/mol. The first-order valence-electron chi connectivity index (χ1n) is 38.2. The predicted molar refractivity (Wildman–Crippen MR) is 454 cm³/mol. The summed E-state index contributed by atoms with van der Waals surface area (Å²) in [7, 11) is 0. The van der Waals surface area contributed by atoms with E-state index in [1.165, 1.54) is 12.1 Å². The lowest BCUT2D eigenvalue weighted by atomic mass is 9.90. The van der Waals surface area contributed by atoms with Crippen molar-refractivity contribution < 1.29 is 26.3 Å². The smallest absolute Gasteiger partial charge is 0.308 e. The number of hydrogen-bond acceptors (Lipinski definition) is 13. The van der Waals surface area contributed by atoms with Crippen molar-refractivity contribution >= 4 is 43.6 Å². The number of nitrogens with zero attached hydrogens (tertiary/aromatic N) is 15. The highest BCUT2D eigenvalue weighted by molar-refractivity contribution is 6.14. The van der Waals surface area contributed by atoms with E-state index >= 15 is 26.3 Å². The van der Waals surface area contributed by atoms with Crippen molar-refractivity contribution in [1.82, 2.24) is 68.9 Å². The van der Waals surface area contributed by atoms with Gasteiger partial charge in [0.1, 0.15) is 11.6 Å². The maximum Gasteiger partial charge on any atom is 0.417 e. The second kappa shape index (κ2) is 29.9. The molecule has 0 saturated carbocycles. The van der Waals surface area contributed by atoms with Gasteiger partial charge in [0, 0.05) is 99.4 Å². The highest BCUT2D eigenvalue weighted by atomic mass is 19.4. The Balaban J connectivity index is 0.887. The van der Waals surface area contributed by atoms with Crippen molar-refractivity contribution in [2.75, 3.05) is 0 Å². The van der Waals surface area contributed by atoms with Crippen molar-refractivity contribution in [3.05, 3.63) is 362 Å². The lowest BCUT2D eigenvalue weighted by Gasteiger charge is -2.24. The molecular weight excluding hydrogens is 1510 g/mol. The van der Waals surface area contributed by atoms with E-state index in [-0.39, 0.29) is 39.6 Å². The molecule has 0 aliphatic heterocycles. The van der Waals surface area contributed by atoms with Crippen LogP contribution < -0.4 is 0 Å². The SMILES string of the molecule is N#Cc1c(-n2c3ccc(-c4nc(-c5ccccc5)nc(-c5ccccc5)n4)cc3c3cc(-c4nc(-c5ccccc5)nc(-c5ccccc5)n4)ccc32)ccc(-c2c(C(F)(F)F)cccc2C(F)(F)F)c1-n1c2ccc(-c3nc(-c4ccccc4)nc(-c4ccccc4)n3)cc2c2cc(-c3nc(-c4ccccc4)nc(-c4ccccc4)n3)ccc21. The highest BCUT2D eigenvalue weighted by Crippen LogP contribution is 2.51. The Hall–Kier alpha value is -16.2. The zero-order valence-corrected chi connectivity index (χ0v) is 62.9. The van der Waals surface area contributed by atoms with Crippen LogP contribution in [0.25, 0.3) is 203 Å². The van der Waals surface area contributed by atoms with Crippen LogP contribution in [0.1, 0.15) is 16.7 Å². The summed E-state index contributed by atoms with van der Waals surface area (Å²) >= 11 is 0. The molecule has 0 radical (unpaired) electrons. The average molecular weight is 1570 g/mol. The number of alkyl halides is 6. The summed E-state index contributed by atoms with van der Waals surface area (Å²) < 4.78 is 101. The van der Waals surface area contributed by atoms with Gasteiger partial charge in [-0.2, -0.15) is 31.6 Å². The van der Waals surface area contributed by atoms with E-state index in [1.807, 2.05) is 291 Å². The normalized spacial score (nSPS) is 11.7. The molecule has 14 aromatic carbocycles. The molecule has 0 atom stereocenters. The summed E-state index contributed by atoms with van der Waals surface area (Å²) in [6.07, 6.45) is -10.8. The van der Waals surface area contributed by atoms with Gasteiger partial charge in [0.25, 0.3) is 0 Å². The van der Waals surface area contributed by atoms with E-state index in [0.29, 0.717) is 147 Å². The van der Waals surface area contributed by atoms with E-state index < -0.39 is 34.6 Å². The number of halogens is 6. The van der Waals surface area contributed by atoms with Crippen molar-refractivity contribution in [3.8, 4) is 165 Å². The molecule has 6 heterocycles. The number of aromatic nitrogens is 14. The van der Waals surface area contributed by atoms with Crippen molar-refractivity contribution in [1.29, 1.82) is 5.26 Å². The molecule has 20 rings (SSSR count). The van der Waals surface area contributed by atoms with Crippen LogP contribution in [0.2, 0.25) is 0 Å². The Kier molecular flexibility index (Phi) is 18.1. The third-order valence-electron chi connectivity index (χ3n) is 21.0. The lowest BCUT2D eigenvalue weighted by molar-refractivity contribution is -0.142. The van der Waals surface area contributed by atoms with Crippen molar-refractivity contribution in [2.24, 2.45) is 0 Å². The number of benzene rings is 14. The van der Waals surface area contributed by atoms with Gasteiger partial charge in [0.15, 0.2) is 69.9 Å². The number of rotatable bonds is 15. The molecule has 15 nitrogen and oxygen atoms in total. The van der Waals surface area contributed by atoms with E-state index in [9.17, 15) is 5.26 Å². The molecule has 21 heteroatoms. The Morgan fingerprint density at radius 1 is 0.225 bits per heavy atom. The molecule has 0 unspecified atom stereocenters. The summed E-state index contributed by atoms with van der Waals surface area (Å²) in [6, 6.07) is 104. The van der Waals surface area contributed by atoms with Gasteiger partial charge in [-0.05, 0) is 91.0 Å². The summed E-state index contributed by atoms with van der Waals surface area (Å²) in [5.41, 5.74) is 3.56. The fourth-order valence-corrected chi connectivity index (χ4v) is 15.5. The third-order valence-corrected chi connectivity index (χ3v) is 21.0. The first kappa shape index (κ1) is 72.7. The van der Waals surface area contributed by atoms with Crippen LogP contribution in [0, 0.1) is 11.3 Å². The summed E-state index contributed by atoms with van der Waals surface area (Å²) in [5.74, 6) is 4.06. The minimum atomic E-state index is -5.39. The maximum absolute atomic E-state index is 16.3. The second-order valence-corrected chi connectivity index (χ2v) is 28.4. The molecule has 0 bridgehead atoms. The molecule has 0 fully saturated rings. The van der Waals surface area contributed by atoms with E-state index in [0.717, 1.165) is 28.3 Å². The van der Waals surface area contributed by atoms with Crippen LogP contribution >= 0.6 is 0 Å².